The first-order valence-corrected chi connectivity index (χ1v) is 8.64. The molecule has 0 bridgehead atoms. The number of benzene rings is 1. The molecule has 0 saturated heterocycles. The minimum absolute atomic E-state index is 0.240. The average molecular weight is 325 g/mol. The summed E-state index contributed by atoms with van der Waals surface area (Å²) < 4.78 is 22.0. The Morgan fingerprint density at radius 3 is 2.43 bits per heavy atom. The summed E-state index contributed by atoms with van der Waals surface area (Å²) in [6.45, 7) is 0. The van der Waals surface area contributed by atoms with E-state index in [4.69, 9.17) is 10.9 Å². The van der Waals surface area contributed by atoms with E-state index < -0.39 is 16.1 Å². The summed E-state index contributed by atoms with van der Waals surface area (Å²) in [6.07, 6.45) is 0. The molecule has 2 aromatic rings. The second kappa shape index (κ2) is 6.35. The molecule has 5 N–H and O–H groups in total. The van der Waals surface area contributed by atoms with Crippen molar-refractivity contribution < 1.29 is 13.2 Å². The first-order chi connectivity index (χ1) is 9.85. The van der Waals surface area contributed by atoms with E-state index in [1.54, 1.807) is 30.3 Å². The summed E-state index contributed by atoms with van der Waals surface area (Å²) in [4.78, 5) is 12.8. The Balaban J connectivity index is 2.02. The van der Waals surface area contributed by atoms with Gasteiger partial charge in [0.2, 0.25) is 15.9 Å². The molecule has 1 amide bonds. The molecule has 1 heterocycles. The third kappa shape index (κ3) is 4.64. The fourth-order valence-electron chi connectivity index (χ4n) is 1.73. The van der Waals surface area contributed by atoms with Crippen molar-refractivity contribution in [2.24, 2.45) is 10.9 Å². The fourth-order valence-corrected chi connectivity index (χ4v) is 3.12. The van der Waals surface area contributed by atoms with E-state index in [-0.39, 0.29) is 11.7 Å². The molecule has 1 atom stereocenters. The highest BCUT2D eigenvalue weighted by atomic mass is 32.2. The number of carbonyl (C=O) groups excluding carboxylic acids is 1. The molecule has 1 aromatic heterocycles. The predicted molar refractivity (Wildman–Crippen MR) is 83.1 cm³/mol. The van der Waals surface area contributed by atoms with Gasteiger partial charge in [0.05, 0.1) is 5.75 Å². The van der Waals surface area contributed by atoms with Gasteiger partial charge in [0.15, 0.2) is 0 Å². The largest absolute Gasteiger partial charge is 0.324 e. The Bertz CT molecular complexity index is 710. The van der Waals surface area contributed by atoms with E-state index >= 15 is 0 Å². The average Bonchev–Trinajstić information content (AvgIpc) is 2.92. The van der Waals surface area contributed by atoms with Crippen LogP contribution in [0.2, 0.25) is 0 Å². The van der Waals surface area contributed by atoms with Crippen molar-refractivity contribution in [3.63, 3.8) is 0 Å². The molecule has 1 unspecified atom stereocenters. The maximum atomic E-state index is 12.0. The Hall–Kier alpha value is -1.74. The zero-order valence-corrected chi connectivity index (χ0v) is 12.7. The van der Waals surface area contributed by atoms with Crippen molar-refractivity contribution in [1.82, 2.24) is 0 Å². The Kier molecular flexibility index (Phi) is 4.73. The third-order valence-electron chi connectivity index (χ3n) is 2.72. The molecule has 21 heavy (non-hydrogen) atoms. The second-order valence-corrected chi connectivity index (χ2v) is 7.08. The number of hydrogen-bond acceptors (Lipinski definition) is 5. The van der Waals surface area contributed by atoms with Crippen LogP contribution in [0, 0.1) is 0 Å². The van der Waals surface area contributed by atoms with Crippen LogP contribution < -0.4 is 16.2 Å². The van der Waals surface area contributed by atoms with E-state index in [2.05, 4.69) is 5.32 Å². The monoisotopic (exact) mass is 325 g/mol. The number of nitrogens with two attached hydrogens (primary N) is 2. The van der Waals surface area contributed by atoms with Crippen LogP contribution in [0.1, 0.15) is 16.5 Å². The van der Waals surface area contributed by atoms with Crippen LogP contribution in [0.15, 0.2) is 41.8 Å². The molecule has 0 aliphatic rings. The van der Waals surface area contributed by atoms with Crippen LogP contribution in [0.5, 0.6) is 0 Å². The lowest BCUT2D eigenvalue weighted by Crippen LogP contribution is -2.26. The lowest BCUT2D eigenvalue weighted by Gasteiger charge is -2.11. The van der Waals surface area contributed by atoms with Crippen molar-refractivity contribution in [2.45, 2.75) is 11.8 Å². The van der Waals surface area contributed by atoms with Gasteiger partial charge in [0.1, 0.15) is 6.04 Å². The lowest BCUT2D eigenvalue weighted by molar-refractivity contribution is -0.117. The fraction of sp³-hybridized carbons (Fsp3) is 0.154. The van der Waals surface area contributed by atoms with Crippen LogP contribution >= 0.6 is 11.3 Å². The van der Waals surface area contributed by atoms with Gasteiger partial charge in [0, 0.05) is 10.6 Å². The molecular formula is C13H15N3O3S2. The van der Waals surface area contributed by atoms with Gasteiger partial charge < -0.3 is 11.1 Å². The zero-order chi connectivity index (χ0) is 15.5. The molecule has 0 aliphatic carbocycles. The number of hydrogen-bond donors (Lipinski definition) is 3. The molecule has 0 spiro atoms. The highest BCUT2D eigenvalue weighted by molar-refractivity contribution is 7.88. The molecule has 6 nitrogen and oxygen atoms in total. The smallest absolute Gasteiger partial charge is 0.246 e. The van der Waals surface area contributed by atoms with Crippen LogP contribution in [-0.4, -0.2) is 14.3 Å². The van der Waals surface area contributed by atoms with Gasteiger partial charge in [-0.1, -0.05) is 18.2 Å². The number of nitrogens with one attached hydrogen (secondary N) is 1. The Labute approximate surface area is 126 Å². The number of primary sulfonamides is 1. The normalized spacial score (nSPS) is 12.9. The van der Waals surface area contributed by atoms with Crippen LogP contribution in [-0.2, 0) is 20.6 Å². The molecule has 0 aliphatic heterocycles. The maximum absolute atomic E-state index is 12.0. The number of rotatable bonds is 5. The van der Waals surface area contributed by atoms with Gasteiger partial charge in [-0.2, -0.15) is 0 Å². The molecule has 0 saturated carbocycles. The lowest BCUT2D eigenvalue weighted by atomic mass is 10.2. The summed E-state index contributed by atoms with van der Waals surface area (Å²) in [5, 5.41) is 9.50. The maximum Gasteiger partial charge on any atom is 0.246 e. The molecule has 0 radical (unpaired) electrons. The van der Waals surface area contributed by atoms with E-state index in [1.165, 1.54) is 11.3 Å². The first-order valence-electron chi connectivity index (χ1n) is 6.04. The predicted octanol–water partition coefficient (Wildman–Crippen LogP) is 1.18. The third-order valence-corrected chi connectivity index (χ3v) is 4.41. The standard InChI is InChI=1S/C13H15N3O3S2/c14-12(11-2-1-7-20-11)13(17)16-10-5-3-9(4-6-10)8-21(15,18)19/h1-7,12H,8,14H2,(H,16,17)(H2,15,18,19). The number of sulfonamides is 1. The van der Waals surface area contributed by atoms with Crippen LogP contribution in [0.3, 0.4) is 0 Å². The Morgan fingerprint density at radius 2 is 1.90 bits per heavy atom. The SMILES string of the molecule is NC(C(=O)Nc1ccc(CS(N)(=O)=O)cc1)c1cccs1. The number of thiophene rings is 1. The van der Waals surface area contributed by atoms with Crippen molar-refractivity contribution >= 4 is 33.0 Å². The molecule has 112 valence electrons. The Morgan fingerprint density at radius 1 is 1.24 bits per heavy atom. The summed E-state index contributed by atoms with van der Waals surface area (Å²) in [7, 11) is -3.56. The van der Waals surface area contributed by atoms with E-state index in [1.807, 2.05) is 11.4 Å². The summed E-state index contributed by atoms with van der Waals surface area (Å²) in [6, 6.07) is 9.31. The van der Waals surface area contributed by atoms with Gasteiger partial charge in [-0.15, -0.1) is 11.3 Å². The van der Waals surface area contributed by atoms with E-state index in [0.29, 0.717) is 11.3 Å². The van der Waals surface area contributed by atoms with Gasteiger partial charge in [0.25, 0.3) is 0 Å². The van der Waals surface area contributed by atoms with E-state index in [0.717, 1.165) is 4.88 Å². The highest BCUT2D eigenvalue weighted by Gasteiger charge is 2.16. The molecule has 0 fully saturated rings. The highest BCUT2D eigenvalue weighted by Crippen LogP contribution is 2.19. The molecule has 2 rings (SSSR count). The van der Waals surface area contributed by atoms with Crippen molar-refractivity contribution in [3.05, 3.63) is 52.2 Å². The number of anilines is 1. The first kappa shape index (κ1) is 15.6. The van der Waals surface area contributed by atoms with Gasteiger partial charge in [-0.05, 0) is 29.1 Å². The molecular weight excluding hydrogens is 310 g/mol. The van der Waals surface area contributed by atoms with Crippen molar-refractivity contribution in [3.8, 4) is 0 Å². The van der Waals surface area contributed by atoms with Crippen molar-refractivity contribution in [2.75, 3.05) is 5.32 Å². The quantitative estimate of drug-likeness (QED) is 0.765. The minimum Gasteiger partial charge on any atom is -0.324 e. The number of carbonyl (C=O) groups is 1. The zero-order valence-electron chi connectivity index (χ0n) is 11.0. The summed E-state index contributed by atoms with van der Waals surface area (Å²) in [5.74, 6) is -0.563. The summed E-state index contributed by atoms with van der Waals surface area (Å²) in [5.41, 5.74) is 6.95. The second-order valence-electron chi connectivity index (χ2n) is 4.49. The van der Waals surface area contributed by atoms with Gasteiger partial charge >= 0.3 is 0 Å². The molecule has 1 aromatic carbocycles. The number of amides is 1. The van der Waals surface area contributed by atoms with Gasteiger partial charge in [-0.25, -0.2) is 13.6 Å². The van der Waals surface area contributed by atoms with Gasteiger partial charge in [-0.3, -0.25) is 4.79 Å². The summed E-state index contributed by atoms with van der Waals surface area (Å²) >= 11 is 1.41. The van der Waals surface area contributed by atoms with E-state index in [9.17, 15) is 13.2 Å². The van der Waals surface area contributed by atoms with Crippen LogP contribution in [0.4, 0.5) is 5.69 Å². The van der Waals surface area contributed by atoms with Crippen molar-refractivity contribution in [1.29, 1.82) is 0 Å². The van der Waals surface area contributed by atoms with Crippen LogP contribution in [0.25, 0.3) is 0 Å². The minimum atomic E-state index is -3.56. The topological polar surface area (TPSA) is 115 Å². The molecule has 8 heteroatoms.